The first-order valence-electron chi connectivity index (χ1n) is 10.7. The topological polar surface area (TPSA) is 85.4 Å². The normalized spacial score (nSPS) is 20.3. The molecule has 2 fully saturated rings. The predicted molar refractivity (Wildman–Crippen MR) is 131 cm³/mol. The Kier molecular flexibility index (Phi) is 6.81. The lowest BCUT2D eigenvalue weighted by Gasteiger charge is -2.36. The van der Waals surface area contributed by atoms with Crippen LogP contribution in [0.2, 0.25) is 5.02 Å². The van der Waals surface area contributed by atoms with Gasteiger partial charge in [-0.1, -0.05) is 17.7 Å². The Bertz CT molecular complexity index is 1130. The van der Waals surface area contributed by atoms with Crippen LogP contribution in [0.5, 0.6) is 0 Å². The molecular weight excluding hydrogens is 483 g/mol. The summed E-state index contributed by atoms with van der Waals surface area (Å²) in [5.74, 6) is -0.576. The molecule has 34 heavy (non-hydrogen) atoms. The molecule has 0 aliphatic carbocycles. The van der Waals surface area contributed by atoms with Gasteiger partial charge in [-0.05, 0) is 55.5 Å². The summed E-state index contributed by atoms with van der Waals surface area (Å²) < 4.78 is 20.5. The Morgan fingerprint density at radius 3 is 2.62 bits per heavy atom. The van der Waals surface area contributed by atoms with Crippen LogP contribution in [-0.2, 0) is 4.74 Å². The standard InChI is InChI=1S/C23H24ClFN4O4S/c1-23(13-26-21(31)34)14-29(22(32)33-23)17-5-6-19(18(25)12-17)27-7-9-28(10-8-27)20(30)15-3-2-4-16(24)11-15/h2-6,11-12H,7-10,13-14H2,1H3,(H2,26,31,34)/t23-/m0/s1. The molecule has 0 saturated carbocycles. The SMILES string of the molecule is C[C@]1(CNC(O)=S)CN(c2ccc(N3CCN(C(=O)c4cccc(Cl)c4)CC3)c(F)c2)C(=O)O1. The van der Waals surface area contributed by atoms with E-state index in [-0.39, 0.29) is 24.2 Å². The molecule has 4 rings (SSSR count). The first-order valence-corrected chi connectivity index (χ1v) is 11.5. The van der Waals surface area contributed by atoms with Gasteiger partial charge < -0.3 is 25.0 Å². The molecule has 11 heteroatoms. The fraction of sp³-hybridized carbons (Fsp3) is 0.348. The summed E-state index contributed by atoms with van der Waals surface area (Å²) in [4.78, 5) is 30.0. The van der Waals surface area contributed by atoms with Crippen LogP contribution >= 0.6 is 23.8 Å². The molecule has 0 unspecified atom stereocenters. The van der Waals surface area contributed by atoms with Crippen LogP contribution in [0.4, 0.5) is 20.6 Å². The molecule has 0 aromatic heterocycles. The number of aliphatic hydroxyl groups is 1. The van der Waals surface area contributed by atoms with Gasteiger partial charge in [0.05, 0.1) is 24.5 Å². The summed E-state index contributed by atoms with van der Waals surface area (Å²) in [6.07, 6.45) is -0.603. The Balaban J connectivity index is 1.40. The number of ether oxygens (including phenoxy) is 1. The smallest absolute Gasteiger partial charge is 0.415 e. The Morgan fingerprint density at radius 1 is 1.24 bits per heavy atom. The molecule has 2 aromatic carbocycles. The quantitative estimate of drug-likeness (QED) is 0.599. The van der Waals surface area contributed by atoms with E-state index >= 15 is 4.39 Å². The van der Waals surface area contributed by atoms with E-state index in [1.54, 1.807) is 48.2 Å². The number of aliphatic hydroxyl groups excluding tert-OH is 1. The Labute approximate surface area is 206 Å². The molecule has 2 aliphatic heterocycles. The maximum Gasteiger partial charge on any atom is 0.415 e. The first-order chi connectivity index (χ1) is 16.1. The zero-order chi connectivity index (χ0) is 24.5. The van der Waals surface area contributed by atoms with Crippen molar-refractivity contribution in [3.05, 3.63) is 58.9 Å². The van der Waals surface area contributed by atoms with Gasteiger partial charge in [-0.2, -0.15) is 0 Å². The number of halogens is 2. The number of nitrogens with zero attached hydrogens (tertiary/aromatic N) is 3. The van der Waals surface area contributed by atoms with Crippen molar-refractivity contribution in [1.29, 1.82) is 0 Å². The highest BCUT2D eigenvalue weighted by atomic mass is 35.5. The summed E-state index contributed by atoms with van der Waals surface area (Å²) in [5.41, 5.74) is 0.375. The molecule has 2 heterocycles. The molecule has 1 atom stereocenters. The van der Waals surface area contributed by atoms with Crippen molar-refractivity contribution < 1.29 is 23.8 Å². The van der Waals surface area contributed by atoms with Crippen LogP contribution in [0.3, 0.4) is 0 Å². The predicted octanol–water partition coefficient (Wildman–Crippen LogP) is 3.59. The molecule has 180 valence electrons. The highest BCUT2D eigenvalue weighted by Crippen LogP contribution is 2.31. The van der Waals surface area contributed by atoms with E-state index in [0.29, 0.717) is 48.1 Å². The highest BCUT2D eigenvalue weighted by Gasteiger charge is 2.42. The van der Waals surface area contributed by atoms with Gasteiger partial charge in [0.15, 0.2) is 0 Å². The number of nitrogens with one attached hydrogen (secondary N) is 1. The molecule has 2 aromatic rings. The number of anilines is 2. The number of hydrogen-bond donors (Lipinski definition) is 2. The minimum Gasteiger partial charge on any atom is -0.487 e. The van der Waals surface area contributed by atoms with Gasteiger partial charge in [-0.15, -0.1) is 0 Å². The number of cyclic esters (lactones) is 1. The van der Waals surface area contributed by atoms with Crippen LogP contribution in [0, 0.1) is 5.82 Å². The average molecular weight is 507 g/mol. The van der Waals surface area contributed by atoms with Gasteiger partial charge in [-0.25, -0.2) is 9.18 Å². The van der Waals surface area contributed by atoms with Crippen molar-refractivity contribution in [3.8, 4) is 0 Å². The maximum atomic E-state index is 15.0. The Morgan fingerprint density at radius 2 is 1.97 bits per heavy atom. The maximum absolute atomic E-state index is 15.0. The number of benzene rings is 2. The number of carbonyl (C=O) groups excluding carboxylic acids is 2. The van der Waals surface area contributed by atoms with Gasteiger partial charge in [0.1, 0.15) is 11.4 Å². The largest absolute Gasteiger partial charge is 0.487 e. The van der Waals surface area contributed by atoms with Crippen LogP contribution in [0.1, 0.15) is 17.3 Å². The molecule has 0 bridgehead atoms. The van der Waals surface area contributed by atoms with Crippen LogP contribution in [0.25, 0.3) is 0 Å². The van der Waals surface area contributed by atoms with Crippen molar-refractivity contribution in [1.82, 2.24) is 10.2 Å². The molecule has 0 spiro atoms. The zero-order valence-corrected chi connectivity index (χ0v) is 20.0. The number of rotatable bonds is 5. The molecule has 8 nitrogen and oxygen atoms in total. The van der Waals surface area contributed by atoms with E-state index in [1.165, 1.54) is 11.0 Å². The summed E-state index contributed by atoms with van der Waals surface area (Å²) in [6.45, 7) is 3.84. The molecule has 2 N–H and O–H groups in total. The van der Waals surface area contributed by atoms with Gasteiger partial charge in [0, 0.05) is 36.8 Å². The van der Waals surface area contributed by atoms with Crippen LogP contribution in [0.15, 0.2) is 42.5 Å². The molecule has 0 radical (unpaired) electrons. The number of piperazine rings is 1. The molecular formula is C23H24ClFN4O4S. The lowest BCUT2D eigenvalue weighted by Crippen LogP contribution is -2.49. The van der Waals surface area contributed by atoms with E-state index in [0.717, 1.165) is 0 Å². The van der Waals surface area contributed by atoms with E-state index in [4.69, 9.17) is 21.4 Å². The van der Waals surface area contributed by atoms with Gasteiger partial charge >= 0.3 is 6.09 Å². The van der Waals surface area contributed by atoms with Crippen molar-refractivity contribution in [3.63, 3.8) is 0 Å². The summed E-state index contributed by atoms with van der Waals surface area (Å²) in [5, 5.41) is 11.9. The van der Waals surface area contributed by atoms with Gasteiger partial charge in [0.2, 0.25) is 0 Å². The second-order valence-electron chi connectivity index (χ2n) is 8.49. The molecule has 2 aliphatic rings. The number of thiocarbonyl (C=S) groups is 1. The van der Waals surface area contributed by atoms with Crippen molar-refractivity contribution in [2.45, 2.75) is 12.5 Å². The zero-order valence-electron chi connectivity index (χ0n) is 18.5. The molecule has 2 saturated heterocycles. The first kappa shape index (κ1) is 24.0. The minimum absolute atomic E-state index is 0.106. The van der Waals surface area contributed by atoms with Crippen molar-refractivity contribution >= 4 is 52.4 Å². The summed E-state index contributed by atoms with van der Waals surface area (Å²) in [6, 6.07) is 11.4. The third-order valence-corrected chi connectivity index (χ3v) is 6.26. The third-order valence-electron chi connectivity index (χ3n) is 5.88. The van der Waals surface area contributed by atoms with E-state index in [1.807, 2.05) is 4.90 Å². The lowest BCUT2D eigenvalue weighted by molar-refractivity contribution is 0.0739. The fourth-order valence-electron chi connectivity index (χ4n) is 4.12. The van der Waals surface area contributed by atoms with E-state index < -0.39 is 17.5 Å². The number of amides is 2. The van der Waals surface area contributed by atoms with Crippen molar-refractivity contribution in [2.75, 3.05) is 49.1 Å². The van der Waals surface area contributed by atoms with Gasteiger partial charge in [-0.3, -0.25) is 9.69 Å². The lowest BCUT2D eigenvalue weighted by atomic mass is 10.1. The highest BCUT2D eigenvalue weighted by molar-refractivity contribution is 7.79. The van der Waals surface area contributed by atoms with Crippen molar-refractivity contribution in [2.24, 2.45) is 0 Å². The number of carbonyl (C=O) groups is 2. The summed E-state index contributed by atoms with van der Waals surface area (Å²) >= 11 is 10.6. The monoisotopic (exact) mass is 506 g/mol. The Hall–Kier alpha value is -3.11. The second-order valence-corrected chi connectivity index (χ2v) is 9.31. The average Bonchev–Trinajstić information content (AvgIpc) is 3.12. The molecule has 2 amide bonds. The third kappa shape index (κ3) is 5.18. The second kappa shape index (κ2) is 9.63. The summed E-state index contributed by atoms with van der Waals surface area (Å²) in [7, 11) is 0. The minimum atomic E-state index is -0.926. The van der Waals surface area contributed by atoms with Gasteiger partial charge in [0.25, 0.3) is 11.1 Å². The van der Waals surface area contributed by atoms with E-state index in [2.05, 4.69) is 17.5 Å². The van der Waals surface area contributed by atoms with Crippen LogP contribution in [-0.4, -0.2) is 72.1 Å². The van der Waals surface area contributed by atoms with E-state index in [9.17, 15) is 9.59 Å². The fourth-order valence-corrected chi connectivity index (χ4v) is 4.39. The number of hydrogen-bond acceptors (Lipinski definition) is 5. The van der Waals surface area contributed by atoms with Crippen LogP contribution < -0.4 is 15.1 Å².